The summed E-state index contributed by atoms with van der Waals surface area (Å²) in [6.07, 6.45) is 2.39. The van der Waals surface area contributed by atoms with E-state index in [0.717, 1.165) is 22.9 Å². The minimum absolute atomic E-state index is 0. The van der Waals surface area contributed by atoms with E-state index in [9.17, 15) is 4.79 Å². The number of aromatic nitrogens is 1. The molecule has 0 bridgehead atoms. The van der Waals surface area contributed by atoms with Crippen molar-refractivity contribution in [1.29, 1.82) is 0 Å². The van der Waals surface area contributed by atoms with Gasteiger partial charge in [0.05, 0.1) is 11.6 Å². The monoisotopic (exact) mass is 381 g/mol. The van der Waals surface area contributed by atoms with Crippen molar-refractivity contribution in [2.75, 3.05) is 7.05 Å². The van der Waals surface area contributed by atoms with Crippen LogP contribution in [-0.4, -0.2) is 18.1 Å². The predicted molar refractivity (Wildman–Crippen MR) is 85.3 cm³/mol. The van der Waals surface area contributed by atoms with Gasteiger partial charge in [-0.15, -0.1) is 7.05 Å². The first-order valence-corrected chi connectivity index (χ1v) is 7.76. The Labute approximate surface area is 160 Å². The molecule has 2 rings (SSSR count). The van der Waals surface area contributed by atoms with E-state index in [1.54, 1.807) is 14.0 Å². The molecule has 1 aliphatic rings. The van der Waals surface area contributed by atoms with E-state index in [1.165, 1.54) is 12.8 Å². The molecule has 0 saturated heterocycles. The van der Waals surface area contributed by atoms with Crippen molar-refractivity contribution in [3.8, 4) is 0 Å². The summed E-state index contributed by atoms with van der Waals surface area (Å²) in [5.41, 5.74) is 2.22. The Balaban J connectivity index is 0.00000141. The maximum atomic E-state index is 11.7. The van der Waals surface area contributed by atoms with Gasteiger partial charge < -0.3 is 21.6 Å². The van der Waals surface area contributed by atoms with Gasteiger partial charge in [-0.05, 0) is 25.7 Å². The summed E-state index contributed by atoms with van der Waals surface area (Å²) in [4.78, 5) is 11.7. The van der Waals surface area contributed by atoms with E-state index in [2.05, 4.69) is 31.2 Å². The van der Waals surface area contributed by atoms with Crippen molar-refractivity contribution in [3.05, 3.63) is 29.3 Å². The molecule has 1 heterocycles. The summed E-state index contributed by atoms with van der Waals surface area (Å²) < 4.78 is 5.52. The zero-order chi connectivity index (χ0) is 16.2. The zero-order valence-corrected chi connectivity index (χ0v) is 17.6. The van der Waals surface area contributed by atoms with Gasteiger partial charge >= 0.3 is 0 Å². The Hall–Kier alpha value is -0.216. The van der Waals surface area contributed by atoms with Gasteiger partial charge in [0.25, 0.3) is 0 Å². The summed E-state index contributed by atoms with van der Waals surface area (Å²) >= 11 is 0. The molecule has 1 fully saturated rings. The maximum Gasteiger partial charge on any atom is 0.143 e. The topological polar surface area (TPSA) is 57.2 Å². The van der Waals surface area contributed by atoms with Gasteiger partial charge in [-0.1, -0.05) is 25.9 Å². The van der Waals surface area contributed by atoms with E-state index < -0.39 is 0 Å². The second-order valence-corrected chi connectivity index (χ2v) is 5.97. The van der Waals surface area contributed by atoms with Crippen LogP contribution in [0.15, 0.2) is 4.52 Å². The van der Waals surface area contributed by atoms with Crippen molar-refractivity contribution >= 4 is 5.91 Å². The van der Waals surface area contributed by atoms with Crippen molar-refractivity contribution in [3.63, 3.8) is 0 Å². The molecule has 1 aliphatic carbocycles. The normalized spacial score (nSPS) is 22.3. The number of rotatable bonds is 4. The number of hydrogen-bond donors (Lipinski definition) is 0. The molecule has 22 heavy (non-hydrogen) atoms. The standard InChI is InChI=1S/C15H24N2O2.C2H5.Y/c1-8-6-12(7-8)13-11(4)14(19-17-13)9(2)10(3)15(18)16-5;1-2;/h8-10,12H,6-7H2,1-5H3,(H,16,18);1H2,2H3;/q;-1;/p-1. The number of carbonyl (C=O) groups excluding carboxylic acids is 1. The average Bonchev–Trinajstić information content (AvgIpc) is 2.85. The number of carbonyl (C=O) groups is 1. The number of hydrogen-bond acceptors (Lipinski definition) is 3. The molecule has 0 aliphatic heterocycles. The minimum Gasteiger partial charge on any atom is -0.656 e. The third-order valence-electron chi connectivity index (χ3n) is 4.53. The fraction of sp³-hybridized carbons (Fsp3) is 0.706. The summed E-state index contributed by atoms with van der Waals surface area (Å²) in [5.74, 6) is 1.96. The second-order valence-electron chi connectivity index (χ2n) is 5.97. The van der Waals surface area contributed by atoms with Crippen molar-refractivity contribution in [2.45, 2.75) is 59.3 Å². The zero-order valence-electron chi connectivity index (χ0n) is 14.7. The van der Waals surface area contributed by atoms with E-state index in [-0.39, 0.29) is 50.5 Å². The molecule has 0 N–H and O–H groups in total. The molecule has 1 radical (unpaired) electrons. The van der Waals surface area contributed by atoms with Crippen LogP contribution < -0.4 is 0 Å². The van der Waals surface area contributed by atoms with Gasteiger partial charge in [-0.25, -0.2) is 0 Å². The molecule has 1 aromatic rings. The molecule has 1 saturated carbocycles. The number of nitrogens with zero attached hydrogens (tertiary/aromatic N) is 2. The van der Waals surface area contributed by atoms with Crippen molar-refractivity contribution < 1.29 is 42.0 Å². The van der Waals surface area contributed by atoms with Gasteiger partial charge in [0, 0.05) is 56.0 Å². The SMILES string of the molecule is C[N-]C(=O)C(C)C(C)c1onc(C2CC(C)C2)c1C.[CH2-]C.[Y]. The van der Waals surface area contributed by atoms with E-state index in [0.29, 0.717) is 5.92 Å². The molecular formula is C17H28N2O2Y-2. The summed E-state index contributed by atoms with van der Waals surface area (Å²) in [7, 11) is 1.54. The van der Waals surface area contributed by atoms with Crippen LogP contribution in [0.2, 0.25) is 0 Å². The van der Waals surface area contributed by atoms with Crippen LogP contribution in [0.3, 0.4) is 0 Å². The molecule has 4 nitrogen and oxygen atoms in total. The van der Waals surface area contributed by atoms with E-state index in [1.807, 2.05) is 13.8 Å². The predicted octanol–water partition coefficient (Wildman–Crippen LogP) is 4.60. The van der Waals surface area contributed by atoms with Gasteiger partial charge in [0.2, 0.25) is 0 Å². The van der Waals surface area contributed by atoms with Crippen LogP contribution in [0.1, 0.15) is 69.4 Å². The Morgan fingerprint density at radius 3 is 2.36 bits per heavy atom. The first kappa shape index (κ1) is 21.8. The fourth-order valence-corrected chi connectivity index (χ4v) is 2.94. The average molecular weight is 381 g/mol. The van der Waals surface area contributed by atoms with Crippen LogP contribution >= 0.6 is 0 Å². The van der Waals surface area contributed by atoms with Crippen LogP contribution in [0.5, 0.6) is 0 Å². The van der Waals surface area contributed by atoms with Crippen LogP contribution in [-0.2, 0) is 37.5 Å². The third kappa shape index (κ3) is 4.64. The molecule has 0 aromatic carbocycles. The first-order chi connectivity index (χ1) is 9.95. The van der Waals surface area contributed by atoms with Crippen LogP contribution in [0.25, 0.3) is 5.32 Å². The van der Waals surface area contributed by atoms with Crippen molar-refractivity contribution in [1.82, 2.24) is 5.16 Å². The van der Waals surface area contributed by atoms with Gasteiger partial charge in [-0.3, -0.25) is 0 Å². The summed E-state index contributed by atoms with van der Waals surface area (Å²) in [6.45, 7) is 13.2. The van der Waals surface area contributed by atoms with E-state index in [4.69, 9.17) is 4.52 Å². The summed E-state index contributed by atoms with van der Waals surface area (Å²) in [6, 6.07) is 0. The second kappa shape index (κ2) is 9.82. The molecule has 0 spiro atoms. The van der Waals surface area contributed by atoms with Crippen LogP contribution in [0, 0.1) is 25.7 Å². The van der Waals surface area contributed by atoms with Crippen LogP contribution in [0.4, 0.5) is 0 Å². The molecular weight excluding hydrogens is 353 g/mol. The molecule has 2 unspecified atom stereocenters. The largest absolute Gasteiger partial charge is 0.656 e. The Kier molecular flexibility index (Phi) is 9.72. The van der Waals surface area contributed by atoms with Crippen molar-refractivity contribution in [2.24, 2.45) is 11.8 Å². The number of amides is 1. The van der Waals surface area contributed by atoms with Gasteiger partial charge in [0.1, 0.15) is 5.76 Å². The molecule has 1 aromatic heterocycles. The molecule has 1 amide bonds. The Morgan fingerprint density at radius 2 is 1.91 bits per heavy atom. The molecule has 123 valence electrons. The first-order valence-electron chi connectivity index (χ1n) is 7.76. The minimum atomic E-state index is -0.162. The smallest absolute Gasteiger partial charge is 0.143 e. The fourth-order valence-electron chi connectivity index (χ4n) is 2.94. The quantitative estimate of drug-likeness (QED) is 0.716. The summed E-state index contributed by atoms with van der Waals surface area (Å²) in [5, 5.41) is 7.99. The molecule has 5 heteroatoms. The third-order valence-corrected chi connectivity index (χ3v) is 4.53. The van der Waals surface area contributed by atoms with E-state index >= 15 is 0 Å². The van der Waals surface area contributed by atoms with Gasteiger partial charge in [0.15, 0.2) is 0 Å². The maximum absolute atomic E-state index is 11.7. The molecule has 2 atom stereocenters. The Morgan fingerprint density at radius 1 is 1.36 bits per heavy atom. The van der Waals surface area contributed by atoms with Gasteiger partial charge in [-0.2, -0.15) is 6.92 Å². The Bertz CT molecular complexity index is 467.